The van der Waals surface area contributed by atoms with Crippen molar-refractivity contribution in [3.63, 3.8) is 0 Å². The van der Waals surface area contributed by atoms with Crippen LogP contribution in [0.3, 0.4) is 0 Å². The lowest BCUT2D eigenvalue weighted by atomic mass is 10.0. The van der Waals surface area contributed by atoms with Crippen molar-refractivity contribution in [2.45, 2.75) is 6.54 Å². The van der Waals surface area contributed by atoms with Crippen molar-refractivity contribution < 1.29 is 18.0 Å². The van der Waals surface area contributed by atoms with Gasteiger partial charge in [-0.2, -0.15) is 0 Å². The minimum Gasteiger partial charge on any atom is -0.366 e. The molecule has 7 heteroatoms. The van der Waals surface area contributed by atoms with E-state index in [0.717, 1.165) is 23.3 Å². The van der Waals surface area contributed by atoms with E-state index < -0.39 is 28.9 Å². The molecule has 0 saturated carbocycles. The number of hydrogen-bond acceptors (Lipinski definition) is 1. The van der Waals surface area contributed by atoms with Gasteiger partial charge in [0.15, 0.2) is 11.6 Å². The predicted octanol–water partition coefficient (Wildman–Crippen LogP) is 6.68. The fourth-order valence-electron chi connectivity index (χ4n) is 4.21. The Morgan fingerprint density at radius 2 is 1.55 bits per heavy atom. The SMILES string of the molecule is NC(=O)c1cccc2c1c1ccc(-c3ccc(Cl)cc3)cc1n2Cc1c(F)ccc(F)c1F. The molecule has 0 bridgehead atoms. The van der Waals surface area contributed by atoms with Gasteiger partial charge >= 0.3 is 0 Å². The molecule has 0 aliphatic heterocycles. The Bertz CT molecular complexity index is 1560. The maximum atomic E-state index is 14.5. The van der Waals surface area contributed by atoms with E-state index >= 15 is 0 Å². The monoisotopic (exact) mass is 464 g/mol. The second kappa shape index (κ2) is 7.98. The van der Waals surface area contributed by atoms with E-state index in [2.05, 4.69) is 0 Å². The molecule has 0 atom stereocenters. The highest BCUT2D eigenvalue weighted by molar-refractivity contribution is 6.30. The van der Waals surface area contributed by atoms with Gasteiger partial charge in [0.1, 0.15) is 5.82 Å². The Kier molecular flexibility index (Phi) is 5.10. The van der Waals surface area contributed by atoms with Gasteiger partial charge in [-0.25, -0.2) is 13.2 Å². The van der Waals surface area contributed by atoms with Gasteiger partial charge in [-0.1, -0.05) is 41.9 Å². The first-order valence-electron chi connectivity index (χ1n) is 10.1. The van der Waals surface area contributed by atoms with Crippen LogP contribution in [0.4, 0.5) is 13.2 Å². The number of fused-ring (bicyclic) bond motifs is 3. The normalized spacial score (nSPS) is 11.4. The summed E-state index contributed by atoms with van der Waals surface area (Å²) >= 11 is 6.00. The molecule has 0 aliphatic carbocycles. The van der Waals surface area contributed by atoms with Crippen molar-refractivity contribution in [2.75, 3.05) is 0 Å². The second-order valence-electron chi connectivity index (χ2n) is 7.71. The van der Waals surface area contributed by atoms with Crippen LogP contribution in [0.1, 0.15) is 15.9 Å². The molecule has 5 rings (SSSR count). The summed E-state index contributed by atoms with van der Waals surface area (Å²) in [7, 11) is 0. The molecule has 3 nitrogen and oxygen atoms in total. The fraction of sp³-hybridized carbons (Fsp3) is 0.0385. The molecular weight excluding hydrogens is 449 g/mol. The van der Waals surface area contributed by atoms with Gasteiger partial charge in [0, 0.05) is 26.9 Å². The first-order valence-corrected chi connectivity index (χ1v) is 10.5. The molecule has 0 spiro atoms. The van der Waals surface area contributed by atoms with Gasteiger partial charge in [0.05, 0.1) is 17.6 Å². The molecule has 0 radical (unpaired) electrons. The van der Waals surface area contributed by atoms with E-state index in [1.165, 1.54) is 0 Å². The molecule has 164 valence electrons. The van der Waals surface area contributed by atoms with E-state index in [-0.39, 0.29) is 12.1 Å². The van der Waals surface area contributed by atoms with Crippen molar-refractivity contribution in [2.24, 2.45) is 5.73 Å². The van der Waals surface area contributed by atoms with Crippen LogP contribution in [0.2, 0.25) is 5.02 Å². The molecule has 1 amide bonds. The summed E-state index contributed by atoms with van der Waals surface area (Å²) in [5.41, 5.74) is 8.38. The van der Waals surface area contributed by atoms with Crippen LogP contribution in [0.5, 0.6) is 0 Å². The van der Waals surface area contributed by atoms with Gasteiger partial charge < -0.3 is 10.3 Å². The van der Waals surface area contributed by atoms with Gasteiger partial charge in [-0.15, -0.1) is 0 Å². The predicted molar refractivity (Wildman–Crippen MR) is 124 cm³/mol. The zero-order valence-corrected chi connectivity index (χ0v) is 17.8. The second-order valence-corrected chi connectivity index (χ2v) is 8.15. The van der Waals surface area contributed by atoms with Crippen molar-refractivity contribution in [3.05, 3.63) is 106 Å². The van der Waals surface area contributed by atoms with Crippen molar-refractivity contribution in [3.8, 4) is 11.1 Å². The van der Waals surface area contributed by atoms with Crippen molar-refractivity contribution in [1.82, 2.24) is 4.57 Å². The summed E-state index contributed by atoms with van der Waals surface area (Å²) in [4.78, 5) is 12.1. The number of halogens is 4. The number of nitrogens with zero attached hydrogens (tertiary/aromatic N) is 1. The zero-order valence-electron chi connectivity index (χ0n) is 17.1. The minimum absolute atomic E-state index is 0.276. The Labute approximate surface area is 191 Å². The molecule has 1 heterocycles. The van der Waals surface area contributed by atoms with Gasteiger partial charge in [-0.05, 0) is 53.6 Å². The molecule has 2 N–H and O–H groups in total. The molecule has 5 aromatic rings. The third kappa shape index (κ3) is 3.52. The zero-order chi connectivity index (χ0) is 23.3. The smallest absolute Gasteiger partial charge is 0.249 e. The van der Waals surface area contributed by atoms with Crippen LogP contribution in [0, 0.1) is 17.5 Å². The largest absolute Gasteiger partial charge is 0.366 e. The van der Waals surface area contributed by atoms with Gasteiger partial charge in [-0.3, -0.25) is 4.79 Å². The quantitative estimate of drug-likeness (QED) is 0.296. The van der Waals surface area contributed by atoms with Crippen LogP contribution in [-0.4, -0.2) is 10.5 Å². The highest BCUT2D eigenvalue weighted by Gasteiger charge is 2.20. The maximum absolute atomic E-state index is 14.5. The Morgan fingerprint density at radius 3 is 2.27 bits per heavy atom. The summed E-state index contributed by atoms with van der Waals surface area (Å²) in [6, 6.07) is 19.5. The summed E-state index contributed by atoms with van der Waals surface area (Å²) < 4.78 is 44.6. The van der Waals surface area contributed by atoms with E-state index in [0.29, 0.717) is 26.8 Å². The Balaban J connectivity index is 1.82. The van der Waals surface area contributed by atoms with E-state index in [9.17, 15) is 18.0 Å². The number of carbonyl (C=O) groups is 1. The van der Waals surface area contributed by atoms with E-state index in [1.807, 2.05) is 30.3 Å². The number of benzene rings is 4. The van der Waals surface area contributed by atoms with Crippen LogP contribution in [-0.2, 0) is 6.54 Å². The number of carbonyl (C=O) groups excluding carboxylic acids is 1. The van der Waals surface area contributed by atoms with Crippen LogP contribution in [0.25, 0.3) is 32.9 Å². The summed E-state index contributed by atoms with van der Waals surface area (Å²) in [6.07, 6.45) is 0. The van der Waals surface area contributed by atoms with Gasteiger partial charge in [0.2, 0.25) is 5.91 Å². The highest BCUT2D eigenvalue weighted by Crippen LogP contribution is 2.35. The number of primary amides is 1. The molecular formula is C26H16ClF3N2O. The first-order chi connectivity index (χ1) is 15.8. The standard InChI is InChI=1S/C26H16ClF3N2O/c27-16-7-4-14(5-8-16)15-6-9-17-23(12-15)32(13-19-20(28)10-11-21(29)25(19)30)22-3-1-2-18(24(17)22)26(31)33/h1-12H,13H2,(H2,31,33). The molecule has 0 aliphatic rings. The number of nitrogens with two attached hydrogens (primary N) is 1. The third-order valence-electron chi connectivity index (χ3n) is 5.79. The lowest BCUT2D eigenvalue weighted by Gasteiger charge is -2.11. The molecule has 0 unspecified atom stereocenters. The molecule has 1 aromatic heterocycles. The first kappa shape index (κ1) is 21.1. The summed E-state index contributed by atoms with van der Waals surface area (Å²) in [5.74, 6) is -3.86. The van der Waals surface area contributed by atoms with Crippen LogP contribution < -0.4 is 5.73 Å². The minimum atomic E-state index is -1.25. The summed E-state index contributed by atoms with van der Waals surface area (Å²) in [5, 5.41) is 1.85. The molecule has 0 saturated heterocycles. The van der Waals surface area contributed by atoms with Crippen molar-refractivity contribution >= 4 is 39.3 Å². The van der Waals surface area contributed by atoms with Crippen LogP contribution >= 0.6 is 11.6 Å². The number of rotatable bonds is 4. The average Bonchev–Trinajstić information content (AvgIpc) is 3.12. The van der Waals surface area contributed by atoms with E-state index in [1.54, 1.807) is 34.9 Å². The highest BCUT2D eigenvalue weighted by atomic mass is 35.5. The Hall–Kier alpha value is -3.77. The van der Waals surface area contributed by atoms with E-state index in [4.69, 9.17) is 17.3 Å². The average molecular weight is 465 g/mol. The van der Waals surface area contributed by atoms with Crippen LogP contribution in [0.15, 0.2) is 72.8 Å². The fourth-order valence-corrected chi connectivity index (χ4v) is 4.34. The van der Waals surface area contributed by atoms with Gasteiger partial charge in [0.25, 0.3) is 0 Å². The number of hydrogen-bond donors (Lipinski definition) is 1. The topological polar surface area (TPSA) is 48.0 Å². The van der Waals surface area contributed by atoms with Crippen molar-refractivity contribution in [1.29, 1.82) is 0 Å². The number of aromatic nitrogens is 1. The number of amides is 1. The lowest BCUT2D eigenvalue weighted by molar-refractivity contribution is 0.100. The molecule has 33 heavy (non-hydrogen) atoms. The maximum Gasteiger partial charge on any atom is 0.249 e. The summed E-state index contributed by atoms with van der Waals surface area (Å²) in [6.45, 7) is -0.276. The lowest BCUT2D eigenvalue weighted by Crippen LogP contribution is -2.11. The molecule has 4 aromatic carbocycles. The molecule has 0 fully saturated rings. The third-order valence-corrected chi connectivity index (χ3v) is 6.04. The Morgan fingerprint density at radius 1 is 0.848 bits per heavy atom.